The number of halogens is 2. The number of amides is 2. The monoisotopic (exact) mass is 473 g/mol. The molecule has 2 fully saturated rings. The molecule has 0 aromatic heterocycles. The summed E-state index contributed by atoms with van der Waals surface area (Å²) in [6.07, 6.45) is 0.867. The Balaban J connectivity index is 1.14. The largest absolute Gasteiger partial charge is 0.492 e. The van der Waals surface area contributed by atoms with Gasteiger partial charge in [0.1, 0.15) is 18.2 Å². The normalized spacial score (nSPS) is 19.8. The number of carbonyl (C=O) groups excluding carboxylic acids is 2. The molecule has 2 aromatic carbocycles. The fourth-order valence-electron chi connectivity index (χ4n) is 4.88. The van der Waals surface area contributed by atoms with Crippen molar-refractivity contribution in [3.8, 4) is 5.75 Å². The van der Waals surface area contributed by atoms with Gasteiger partial charge in [-0.15, -0.1) is 0 Å². The van der Waals surface area contributed by atoms with E-state index in [1.807, 2.05) is 12.1 Å². The molecular formula is C24H25ClFN3O4. The fraction of sp³-hybridized carbons (Fsp3) is 0.417. The molecule has 3 aliphatic heterocycles. The molecule has 2 amide bonds. The molecule has 3 heterocycles. The smallest absolute Gasteiger partial charge is 0.257 e. The van der Waals surface area contributed by atoms with Crippen LogP contribution in [-0.4, -0.2) is 72.2 Å². The van der Waals surface area contributed by atoms with E-state index in [1.54, 1.807) is 12.1 Å². The minimum absolute atomic E-state index is 0.0224. The second-order valence-corrected chi connectivity index (χ2v) is 9.36. The van der Waals surface area contributed by atoms with Crippen LogP contribution in [0.15, 0.2) is 36.4 Å². The second kappa shape index (κ2) is 8.59. The van der Waals surface area contributed by atoms with Gasteiger partial charge in [0.05, 0.1) is 17.1 Å². The number of nitrogens with zero attached hydrogens (tertiary/aromatic N) is 2. The first kappa shape index (κ1) is 22.1. The van der Waals surface area contributed by atoms with Crippen LogP contribution in [0.1, 0.15) is 28.8 Å². The van der Waals surface area contributed by atoms with Gasteiger partial charge in [-0.3, -0.25) is 14.5 Å². The van der Waals surface area contributed by atoms with Gasteiger partial charge in [0.2, 0.25) is 5.91 Å². The number of rotatable bonds is 5. The molecule has 0 aliphatic carbocycles. The van der Waals surface area contributed by atoms with E-state index in [0.29, 0.717) is 36.8 Å². The lowest BCUT2D eigenvalue weighted by Crippen LogP contribution is -2.53. The summed E-state index contributed by atoms with van der Waals surface area (Å²) < 4.78 is 20.1. The molecule has 0 unspecified atom stereocenters. The fourth-order valence-corrected chi connectivity index (χ4v) is 5.06. The first-order valence-electron chi connectivity index (χ1n) is 11.1. The maximum atomic E-state index is 14.4. The Labute approximate surface area is 196 Å². The summed E-state index contributed by atoms with van der Waals surface area (Å²) >= 11 is 6.17. The van der Waals surface area contributed by atoms with Crippen LogP contribution >= 0.6 is 11.6 Å². The van der Waals surface area contributed by atoms with Crippen molar-refractivity contribution in [3.05, 3.63) is 58.4 Å². The lowest BCUT2D eigenvalue weighted by molar-refractivity contribution is -0.122. The number of piperidine rings is 1. The van der Waals surface area contributed by atoms with Crippen LogP contribution < -0.4 is 10.1 Å². The lowest BCUT2D eigenvalue weighted by Gasteiger charge is -2.38. The average Bonchev–Trinajstić information content (AvgIpc) is 3.03. The summed E-state index contributed by atoms with van der Waals surface area (Å²) in [5.74, 6) is -0.665. The third-order valence-electron chi connectivity index (χ3n) is 6.89. The first-order chi connectivity index (χ1) is 15.9. The second-order valence-electron chi connectivity index (χ2n) is 8.92. The summed E-state index contributed by atoms with van der Waals surface area (Å²) in [7, 11) is 0. The van der Waals surface area contributed by atoms with E-state index in [-0.39, 0.29) is 24.6 Å². The molecule has 174 valence electrons. The molecule has 9 heteroatoms. The van der Waals surface area contributed by atoms with Crippen molar-refractivity contribution < 1.29 is 23.8 Å². The predicted octanol–water partition coefficient (Wildman–Crippen LogP) is 2.66. The number of aliphatic hydroxyl groups is 1. The molecule has 0 bridgehead atoms. The zero-order valence-electron chi connectivity index (χ0n) is 18.0. The third kappa shape index (κ3) is 4.07. The van der Waals surface area contributed by atoms with Crippen LogP contribution in [0.3, 0.4) is 0 Å². The van der Waals surface area contributed by atoms with E-state index in [1.165, 1.54) is 17.0 Å². The Morgan fingerprint density at radius 2 is 1.97 bits per heavy atom. The third-order valence-corrected chi connectivity index (χ3v) is 7.12. The highest BCUT2D eigenvalue weighted by molar-refractivity contribution is 6.31. The van der Waals surface area contributed by atoms with Gasteiger partial charge in [0, 0.05) is 36.4 Å². The van der Waals surface area contributed by atoms with Crippen molar-refractivity contribution in [1.82, 2.24) is 9.80 Å². The maximum absolute atomic E-state index is 14.4. The number of benzene rings is 2. The molecule has 2 aromatic rings. The summed E-state index contributed by atoms with van der Waals surface area (Å²) in [6.45, 7) is 2.96. The summed E-state index contributed by atoms with van der Waals surface area (Å²) in [4.78, 5) is 28.6. The number of likely N-dealkylation sites (tertiary alicyclic amines) is 2. The van der Waals surface area contributed by atoms with Crippen molar-refractivity contribution in [2.24, 2.45) is 0 Å². The Bertz CT molecular complexity index is 1100. The molecule has 5 rings (SSSR count). The van der Waals surface area contributed by atoms with Gasteiger partial charge in [-0.25, -0.2) is 4.39 Å². The van der Waals surface area contributed by atoms with Gasteiger partial charge in [-0.1, -0.05) is 11.6 Å². The zero-order chi connectivity index (χ0) is 23.2. The number of nitrogens with one attached hydrogen (secondary N) is 1. The van der Waals surface area contributed by atoms with Crippen molar-refractivity contribution in [3.63, 3.8) is 0 Å². The van der Waals surface area contributed by atoms with E-state index in [4.69, 9.17) is 16.3 Å². The number of anilines is 1. The molecule has 1 spiro atoms. The standard InChI is InChI=1S/C24H25ClFN3O4/c25-15-1-4-21-19(11-15)24(23(32)27-21)5-7-28(8-6-24)9-10-33-17-2-3-18(20(26)12-17)22(31)29-13-16(30)14-29/h1-4,11-12,16,30H,5-10,13-14H2,(H,27,32). The van der Waals surface area contributed by atoms with Crippen LogP contribution in [0.4, 0.5) is 10.1 Å². The van der Waals surface area contributed by atoms with Crippen molar-refractivity contribution in [2.45, 2.75) is 24.4 Å². The highest BCUT2D eigenvalue weighted by Gasteiger charge is 2.48. The molecule has 2 N–H and O–H groups in total. The highest BCUT2D eigenvalue weighted by Crippen LogP contribution is 2.45. The van der Waals surface area contributed by atoms with Crippen LogP contribution in [0.5, 0.6) is 5.75 Å². The molecule has 3 aliphatic rings. The van der Waals surface area contributed by atoms with Gasteiger partial charge in [-0.2, -0.15) is 0 Å². The predicted molar refractivity (Wildman–Crippen MR) is 121 cm³/mol. The Hall–Kier alpha value is -2.68. The van der Waals surface area contributed by atoms with Crippen molar-refractivity contribution >= 4 is 29.1 Å². The zero-order valence-corrected chi connectivity index (χ0v) is 18.8. The molecule has 0 saturated carbocycles. The molecule has 2 saturated heterocycles. The number of hydrogen-bond donors (Lipinski definition) is 2. The van der Waals surface area contributed by atoms with Crippen LogP contribution in [-0.2, 0) is 10.2 Å². The maximum Gasteiger partial charge on any atom is 0.257 e. The van der Waals surface area contributed by atoms with Crippen LogP contribution in [0.25, 0.3) is 0 Å². The van der Waals surface area contributed by atoms with Gasteiger partial charge < -0.3 is 20.1 Å². The number of fused-ring (bicyclic) bond motifs is 2. The van der Waals surface area contributed by atoms with E-state index in [0.717, 1.165) is 24.3 Å². The highest BCUT2D eigenvalue weighted by atomic mass is 35.5. The first-order valence-corrected chi connectivity index (χ1v) is 11.5. The molecule has 0 radical (unpaired) electrons. The number of aliphatic hydroxyl groups excluding tert-OH is 1. The lowest BCUT2D eigenvalue weighted by atomic mass is 9.73. The molecule has 33 heavy (non-hydrogen) atoms. The van der Waals surface area contributed by atoms with E-state index < -0.39 is 23.2 Å². The number of hydrogen-bond acceptors (Lipinski definition) is 5. The minimum atomic E-state index is -0.636. The average molecular weight is 474 g/mol. The van der Waals surface area contributed by atoms with Gasteiger partial charge in [0.25, 0.3) is 5.91 Å². The molecule has 0 atom stereocenters. The summed E-state index contributed by atoms with van der Waals surface area (Å²) in [5, 5.41) is 12.9. The van der Waals surface area contributed by atoms with Crippen molar-refractivity contribution in [1.29, 1.82) is 0 Å². The van der Waals surface area contributed by atoms with Crippen LogP contribution in [0.2, 0.25) is 5.02 Å². The van der Waals surface area contributed by atoms with Gasteiger partial charge >= 0.3 is 0 Å². The van der Waals surface area contributed by atoms with Gasteiger partial charge in [0.15, 0.2) is 0 Å². The minimum Gasteiger partial charge on any atom is -0.492 e. The Morgan fingerprint density at radius 3 is 2.67 bits per heavy atom. The van der Waals surface area contributed by atoms with Crippen LogP contribution in [0, 0.1) is 5.82 Å². The van der Waals surface area contributed by atoms with Crippen molar-refractivity contribution in [2.75, 3.05) is 44.6 Å². The topological polar surface area (TPSA) is 82.1 Å². The van der Waals surface area contributed by atoms with E-state index >= 15 is 0 Å². The summed E-state index contributed by atoms with van der Waals surface area (Å²) in [6, 6.07) is 9.76. The summed E-state index contributed by atoms with van der Waals surface area (Å²) in [5.41, 5.74) is 1.27. The Morgan fingerprint density at radius 1 is 1.21 bits per heavy atom. The number of carbonyl (C=O) groups is 2. The van der Waals surface area contributed by atoms with E-state index in [2.05, 4.69) is 10.2 Å². The quantitative estimate of drug-likeness (QED) is 0.697. The number of ether oxygens (including phenoxy) is 1. The molecular weight excluding hydrogens is 449 g/mol. The number of β-amino-alcohol motifs (C(OH)–C–C–N with tert-alkyl or cyclic N) is 1. The Kier molecular flexibility index (Phi) is 5.76. The SMILES string of the molecule is O=C(c1ccc(OCCN2CCC3(CC2)C(=O)Nc2ccc(Cl)cc23)cc1F)N1CC(O)C1. The van der Waals surface area contributed by atoms with Gasteiger partial charge in [-0.05, 0) is 61.8 Å². The molecule has 7 nitrogen and oxygen atoms in total. The van der Waals surface area contributed by atoms with E-state index in [9.17, 15) is 19.1 Å².